The topological polar surface area (TPSA) is 71.5 Å². The quantitative estimate of drug-likeness (QED) is 0.837. The molecule has 0 amide bonds. The third-order valence-corrected chi connectivity index (χ3v) is 3.28. The van der Waals surface area contributed by atoms with Gasteiger partial charge in [-0.15, -0.1) is 0 Å². The van der Waals surface area contributed by atoms with Crippen LogP contribution in [-0.2, 0) is 20.0 Å². The van der Waals surface area contributed by atoms with Crippen molar-refractivity contribution in [1.82, 2.24) is 9.78 Å². The predicted molar refractivity (Wildman–Crippen MR) is 79.8 cm³/mol. The van der Waals surface area contributed by atoms with Crippen LogP contribution in [0.5, 0.6) is 17.2 Å². The highest BCUT2D eigenvalue weighted by Gasteiger charge is 2.14. The van der Waals surface area contributed by atoms with Crippen LogP contribution in [0.4, 0.5) is 0 Å². The number of ether oxygens (including phenoxy) is 3. The van der Waals surface area contributed by atoms with E-state index >= 15 is 0 Å². The van der Waals surface area contributed by atoms with E-state index in [-0.39, 0.29) is 0 Å². The summed E-state index contributed by atoms with van der Waals surface area (Å²) in [5, 5.41) is 4.13. The van der Waals surface area contributed by atoms with Gasteiger partial charge in [0.25, 0.3) is 0 Å². The highest BCUT2D eigenvalue weighted by Crippen LogP contribution is 2.38. The van der Waals surface area contributed by atoms with Gasteiger partial charge in [0.1, 0.15) is 0 Å². The molecule has 1 aromatic carbocycles. The Morgan fingerprint density at radius 2 is 1.86 bits per heavy atom. The Hall–Kier alpha value is -2.21. The molecule has 2 N–H and O–H groups in total. The largest absolute Gasteiger partial charge is 0.493 e. The zero-order chi connectivity index (χ0) is 15.2. The summed E-state index contributed by atoms with van der Waals surface area (Å²) in [5.74, 6) is 1.85. The second-order valence-electron chi connectivity index (χ2n) is 4.58. The van der Waals surface area contributed by atoms with Crippen LogP contribution in [-0.4, -0.2) is 30.6 Å². The van der Waals surface area contributed by atoms with Gasteiger partial charge in [-0.1, -0.05) is 0 Å². The van der Waals surface area contributed by atoms with Crippen molar-refractivity contribution in [3.63, 3.8) is 0 Å². The monoisotopic (exact) mass is 291 g/mol. The van der Waals surface area contributed by atoms with Crippen LogP contribution in [0.2, 0.25) is 0 Å². The number of aryl methyl sites for hydroxylation is 1. The number of nitrogens with zero attached hydrogens (tertiary/aromatic N) is 2. The standard InChI is InChI=1S/C15H21N3O3/c1-18-12(4-6-17-18)5-7-21-15-13(19-2)8-11(10-16)9-14(15)20-3/h4,6,8-9H,5,7,10,16H2,1-3H3. The van der Waals surface area contributed by atoms with E-state index in [1.54, 1.807) is 20.4 Å². The molecule has 21 heavy (non-hydrogen) atoms. The smallest absolute Gasteiger partial charge is 0.203 e. The van der Waals surface area contributed by atoms with Gasteiger partial charge in [0, 0.05) is 31.9 Å². The molecule has 0 saturated carbocycles. The zero-order valence-electron chi connectivity index (χ0n) is 12.6. The Morgan fingerprint density at radius 3 is 2.33 bits per heavy atom. The predicted octanol–water partition coefficient (Wildman–Crippen LogP) is 1.52. The molecule has 0 aliphatic rings. The Morgan fingerprint density at radius 1 is 1.19 bits per heavy atom. The van der Waals surface area contributed by atoms with Crippen molar-refractivity contribution in [2.24, 2.45) is 12.8 Å². The third kappa shape index (κ3) is 3.46. The molecule has 2 aromatic rings. The van der Waals surface area contributed by atoms with Gasteiger partial charge in [-0.05, 0) is 23.8 Å². The number of methoxy groups -OCH3 is 2. The third-order valence-electron chi connectivity index (χ3n) is 3.28. The fourth-order valence-corrected chi connectivity index (χ4v) is 2.10. The summed E-state index contributed by atoms with van der Waals surface area (Å²) in [6.07, 6.45) is 2.52. The second-order valence-corrected chi connectivity index (χ2v) is 4.58. The van der Waals surface area contributed by atoms with E-state index in [1.165, 1.54) is 0 Å². The first-order valence-electron chi connectivity index (χ1n) is 6.74. The summed E-state index contributed by atoms with van der Waals surface area (Å²) in [7, 11) is 5.11. The van der Waals surface area contributed by atoms with Crippen LogP contribution >= 0.6 is 0 Å². The maximum atomic E-state index is 5.85. The van der Waals surface area contributed by atoms with E-state index in [1.807, 2.05) is 29.9 Å². The molecule has 0 radical (unpaired) electrons. The second kappa shape index (κ2) is 6.99. The Bertz CT molecular complexity index is 571. The van der Waals surface area contributed by atoms with Crippen molar-refractivity contribution in [1.29, 1.82) is 0 Å². The van der Waals surface area contributed by atoms with Gasteiger partial charge in [-0.25, -0.2) is 0 Å². The fraction of sp³-hybridized carbons (Fsp3) is 0.400. The molecule has 1 aromatic heterocycles. The molecule has 1 heterocycles. The molecule has 2 rings (SSSR count). The molecule has 6 heteroatoms. The summed E-state index contributed by atoms with van der Waals surface area (Å²) in [6.45, 7) is 0.927. The lowest BCUT2D eigenvalue weighted by molar-refractivity contribution is 0.275. The molecule has 0 spiro atoms. The average Bonchev–Trinajstić information content (AvgIpc) is 2.92. The van der Waals surface area contributed by atoms with Crippen LogP contribution in [0.15, 0.2) is 24.4 Å². The van der Waals surface area contributed by atoms with Crippen molar-refractivity contribution in [3.8, 4) is 17.2 Å². The van der Waals surface area contributed by atoms with Gasteiger partial charge in [0.05, 0.1) is 20.8 Å². The summed E-state index contributed by atoms with van der Waals surface area (Å²) >= 11 is 0. The van der Waals surface area contributed by atoms with E-state index in [4.69, 9.17) is 19.9 Å². The first-order valence-corrected chi connectivity index (χ1v) is 6.74. The van der Waals surface area contributed by atoms with E-state index in [0.717, 1.165) is 17.7 Å². The highest BCUT2D eigenvalue weighted by atomic mass is 16.5. The van der Waals surface area contributed by atoms with Crippen molar-refractivity contribution >= 4 is 0 Å². The molecule has 0 atom stereocenters. The number of hydrogen-bond acceptors (Lipinski definition) is 5. The maximum Gasteiger partial charge on any atom is 0.203 e. The molecule has 114 valence electrons. The number of hydrogen-bond donors (Lipinski definition) is 1. The average molecular weight is 291 g/mol. The first-order chi connectivity index (χ1) is 10.2. The van der Waals surface area contributed by atoms with Crippen molar-refractivity contribution < 1.29 is 14.2 Å². The lowest BCUT2D eigenvalue weighted by Crippen LogP contribution is -2.08. The number of rotatable bonds is 7. The van der Waals surface area contributed by atoms with Crippen molar-refractivity contribution in [2.45, 2.75) is 13.0 Å². The molecular weight excluding hydrogens is 270 g/mol. The minimum atomic E-state index is 0.419. The van der Waals surface area contributed by atoms with E-state index < -0.39 is 0 Å². The summed E-state index contributed by atoms with van der Waals surface area (Å²) in [4.78, 5) is 0. The van der Waals surface area contributed by atoms with Gasteiger partial charge in [-0.2, -0.15) is 5.10 Å². The molecule has 6 nitrogen and oxygen atoms in total. The van der Waals surface area contributed by atoms with Gasteiger partial charge < -0.3 is 19.9 Å². The van der Waals surface area contributed by atoms with Gasteiger partial charge in [0.2, 0.25) is 5.75 Å². The molecule has 0 bridgehead atoms. The number of benzene rings is 1. The minimum absolute atomic E-state index is 0.419. The summed E-state index contributed by atoms with van der Waals surface area (Å²) < 4.78 is 18.4. The Labute approximate surface area is 124 Å². The Kier molecular flexibility index (Phi) is 5.05. The van der Waals surface area contributed by atoms with Gasteiger partial charge in [0.15, 0.2) is 11.5 Å². The molecule has 0 saturated heterocycles. The Balaban J connectivity index is 2.13. The SMILES string of the molecule is COc1cc(CN)cc(OC)c1OCCc1ccnn1C. The number of aromatic nitrogens is 2. The van der Waals surface area contributed by atoms with E-state index in [2.05, 4.69) is 5.10 Å². The summed E-state index contributed by atoms with van der Waals surface area (Å²) in [5.41, 5.74) is 7.70. The van der Waals surface area contributed by atoms with Crippen LogP contribution < -0.4 is 19.9 Å². The van der Waals surface area contributed by atoms with Crippen molar-refractivity contribution in [3.05, 3.63) is 35.7 Å². The van der Waals surface area contributed by atoms with Crippen LogP contribution in [0.25, 0.3) is 0 Å². The normalized spacial score (nSPS) is 10.5. The van der Waals surface area contributed by atoms with Crippen molar-refractivity contribution in [2.75, 3.05) is 20.8 Å². The molecule has 0 unspecified atom stereocenters. The fourth-order valence-electron chi connectivity index (χ4n) is 2.10. The zero-order valence-corrected chi connectivity index (χ0v) is 12.6. The van der Waals surface area contributed by atoms with Crippen LogP contribution in [0, 0.1) is 0 Å². The molecule has 0 aliphatic carbocycles. The first kappa shape index (κ1) is 15.2. The summed E-state index contributed by atoms with van der Waals surface area (Å²) in [6, 6.07) is 5.69. The molecule has 0 fully saturated rings. The molecular formula is C15H21N3O3. The van der Waals surface area contributed by atoms with E-state index in [9.17, 15) is 0 Å². The van der Waals surface area contributed by atoms with Gasteiger partial charge in [-0.3, -0.25) is 4.68 Å². The maximum absolute atomic E-state index is 5.85. The highest BCUT2D eigenvalue weighted by molar-refractivity contribution is 5.53. The van der Waals surface area contributed by atoms with Gasteiger partial charge >= 0.3 is 0 Å². The molecule has 0 aliphatic heterocycles. The lowest BCUT2D eigenvalue weighted by Gasteiger charge is -2.15. The number of nitrogens with two attached hydrogens (primary N) is 1. The van der Waals surface area contributed by atoms with Crippen LogP contribution in [0.3, 0.4) is 0 Å². The minimum Gasteiger partial charge on any atom is -0.493 e. The lowest BCUT2D eigenvalue weighted by atomic mass is 10.2. The van der Waals surface area contributed by atoms with Crippen LogP contribution in [0.1, 0.15) is 11.3 Å². The van der Waals surface area contributed by atoms with E-state index in [0.29, 0.717) is 30.4 Å².